The number of carbonyl (C=O) groups excluding carboxylic acids is 1. The zero-order valence-corrected chi connectivity index (χ0v) is 14.2. The smallest absolute Gasteiger partial charge is 0.255 e. The molecular formula is C19H19NO5. The first-order valence-electron chi connectivity index (χ1n) is 8.19. The normalized spacial score (nSPS) is 14.2. The summed E-state index contributed by atoms with van der Waals surface area (Å²) in [5, 5.41) is 3.01. The second-order valence-electron chi connectivity index (χ2n) is 5.94. The number of methoxy groups -OCH3 is 2. The van der Waals surface area contributed by atoms with Gasteiger partial charge in [0, 0.05) is 29.5 Å². The molecule has 0 aliphatic carbocycles. The molecule has 0 radical (unpaired) electrons. The van der Waals surface area contributed by atoms with Crippen LogP contribution >= 0.6 is 0 Å². The van der Waals surface area contributed by atoms with Crippen LogP contribution in [0.15, 0.2) is 24.3 Å². The van der Waals surface area contributed by atoms with E-state index in [0.717, 1.165) is 41.2 Å². The molecule has 1 N–H and O–H groups in total. The van der Waals surface area contributed by atoms with Crippen LogP contribution in [-0.4, -0.2) is 33.3 Å². The lowest BCUT2D eigenvalue weighted by Gasteiger charge is -2.15. The molecule has 0 aromatic heterocycles. The first kappa shape index (κ1) is 15.6. The van der Waals surface area contributed by atoms with Gasteiger partial charge in [-0.2, -0.15) is 0 Å². The number of hydrogen-bond donors (Lipinski definition) is 1. The molecule has 0 atom stereocenters. The van der Waals surface area contributed by atoms with Crippen molar-refractivity contribution in [1.82, 2.24) is 0 Å². The number of fused-ring (bicyclic) bond motifs is 2. The van der Waals surface area contributed by atoms with E-state index < -0.39 is 0 Å². The van der Waals surface area contributed by atoms with Gasteiger partial charge in [-0.05, 0) is 24.3 Å². The summed E-state index contributed by atoms with van der Waals surface area (Å²) in [4.78, 5) is 12.8. The lowest BCUT2D eigenvalue weighted by Crippen LogP contribution is -2.14. The molecule has 0 spiro atoms. The maximum atomic E-state index is 12.8. The number of benzene rings is 2. The number of ether oxygens (including phenoxy) is 4. The summed E-state index contributed by atoms with van der Waals surface area (Å²) in [7, 11) is 3.10. The van der Waals surface area contributed by atoms with E-state index in [1.807, 2.05) is 6.07 Å². The molecule has 1 amide bonds. The second kappa shape index (κ2) is 6.20. The fraction of sp³-hybridized carbons (Fsp3) is 0.316. The van der Waals surface area contributed by atoms with Crippen molar-refractivity contribution in [3.8, 4) is 23.0 Å². The van der Waals surface area contributed by atoms with Gasteiger partial charge in [0.15, 0.2) is 11.5 Å². The Kier molecular flexibility index (Phi) is 3.87. The van der Waals surface area contributed by atoms with Crippen molar-refractivity contribution in [1.29, 1.82) is 0 Å². The number of anilines is 1. The Hall–Kier alpha value is -2.89. The van der Waals surface area contributed by atoms with E-state index in [4.69, 9.17) is 18.9 Å². The maximum absolute atomic E-state index is 12.8. The van der Waals surface area contributed by atoms with Crippen molar-refractivity contribution >= 4 is 11.6 Å². The van der Waals surface area contributed by atoms with Crippen molar-refractivity contribution in [2.24, 2.45) is 0 Å². The lowest BCUT2D eigenvalue weighted by molar-refractivity contribution is 0.102. The Morgan fingerprint density at radius 1 is 1.04 bits per heavy atom. The van der Waals surface area contributed by atoms with Gasteiger partial charge in [0.25, 0.3) is 5.91 Å². The third-order valence-electron chi connectivity index (χ3n) is 4.53. The largest absolute Gasteiger partial charge is 0.493 e. The van der Waals surface area contributed by atoms with Crippen LogP contribution in [-0.2, 0) is 12.8 Å². The van der Waals surface area contributed by atoms with Crippen molar-refractivity contribution in [3.05, 3.63) is 41.0 Å². The molecule has 2 heterocycles. The SMILES string of the molecule is COc1ccc(C(=O)Nc2c3c(cc4c2OCC4)OCC3)cc1OC. The summed E-state index contributed by atoms with van der Waals surface area (Å²) in [5.41, 5.74) is 3.28. The van der Waals surface area contributed by atoms with E-state index in [1.54, 1.807) is 32.4 Å². The van der Waals surface area contributed by atoms with Gasteiger partial charge in [-0.15, -0.1) is 0 Å². The van der Waals surface area contributed by atoms with Crippen LogP contribution < -0.4 is 24.3 Å². The highest BCUT2D eigenvalue weighted by atomic mass is 16.5. The fourth-order valence-corrected chi connectivity index (χ4v) is 3.28. The summed E-state index contributed by atoms with van der Waals surface area (Å²) in [6.07, 6.45) is 1.58. The average Bonchev–Trinajstić information content (AvgIpc) is 3.29. The van der Waals surface area contributed by atoms with Crippen LogP contribution in [0.2, 0.25) is 0 Å². The van der Waals surface area contributed by atoms with Crippen LogP contribution in [0.25, 0.3) is 0 Å². The van der Waals surface area contributed by atoms with E-state index in [2.05, 4.69) is 5.32 Å². The van der Waals surface area contributed by atoms with E-state index >= 15 is 0 Å². The van der Waals surface area contributed by atoms with E-state index in [-0.39, 0.29) is 5.91 Å². The molecule has 0 fully saturated rings. The number of nitrogens with one attached hydrogen (secondary N) is 1. The van der Waals surface area contributed by atoms with Crippen molar-refractivity contribution in [3.63, 3.8) is 0 Å². The quantitative estimate of drug-likeness (QED) is 0.926. The summed E-state index contributed by atoms with van der Waals surface area (Å²) in [5.74, 6) is 2.47. The molecule has 25 heavy (non-hydrogen) atoms. The molecule has 4 rings (SSSR count). The van der Waals surface area contributed by atoms with Crippen LogP contribution in [0.5, 0.6) is 23.0 Å². The molecular weight excluding hydrogens is 322 g/mol. The Labute approximate surface area is 145 Å². The average molecular weight is 341 g/mol. The summed E-state index contributed by atoms with van der Waals surface area (Å²) in [6, 6.07) is 7.11. The first-order chi connectivity index (χ1) is 12.2. The highest BCUT2D eigenvalue weighted by Crippen LogP contribution is 2.44. The van der Waals surface area contributed by atoms with Gasteiger partial charge in [-0.1, -0.05) is 0 Å². The zero-order chi connectivity index (χ0) is 17.4. The summed E-state index contributed by atoms with van der Waals surface area (Å²) < 4.78 is 21.9. The van der Waals surface area contributed by atoms with Crippen molar-refractivity contribution < 1.29 is 23.7 Å². The lowest BCUT2D eigenvalue weighted by atomic mass is 10.0. The monoisotopic (exact) mass is 341 g/mol. The number of rotatable bonds is 4. The number of amides is 1. The van der Waals surface area contributed by atoms with Gasteiger partial charge in [0.1, 0.15) is 11.5 Å². The van der Waals surface area contributed by atoms with Gasteiger partial charge in [-0.3, -0.25) is 4.79 Å². The molecule has 2 aliphatic heterocycles. The minimum Gasteiger partial charge on any atom is -0.493 e. The molecule has 0 saturated heterocycles. The standard InChI is InChI=1S/C19H19NO5/c1-22-14-4-3-12(10-16(14)23-2)19(21)20-17-13-6-8-24-15(13)9-11-5-7-25-18(11)17/h3-4,9-10H,5-8H2,1-2H3,(H,20,21). The fourth-order valence-electron chi connectivity index (χ4n) is 3.28. The Morgan fingerprint density at radius 2 is 1.84 bits per heavy atom. The Morgan fingerprint density at radius 3 is 2.64 bits per heavy atom. The van der Waals surface area contributed by atoms with Gasteiger partial charge < -0.3 is 24.3 Å². The maximum Gasteiger partial charge on any atom is 0.255 e. The minimum absolute atomic E-state index is 0.223. The summed E-state index contributed by atoms with van der Waals surface area (Å²) >= 11 is 0. The van der Waals surface area contributed by atoms with Gasteiger partial charge >= 0.3 is 0 Å². The van der Waals surface area contributed by atoms with E-state index in [0.29, 0.717) is 30.3 Å². The molecule has 2 aromatic carbocycles. The van der Waals surface area contributed by atoms with Gasteiger partial charge in [0.05, 0.1) is 33.1 Å². The predicted molar refractivity (Wildman–Crippen MR) is 92.3 cm³/mol. The molecule has 0 unspecified atom stereocenters. The van der Waals surface area contributed by atoms with Gasteiger partial charge in [-0.25, -0.2) is 0 Å². The van der Waals surface area contributed by atoms with E-state index in [9.17, 15) is 4.79 Å². The molecule has 6 nitrogen and oxygen atoms in total. The third-order valence-corrected chi connectivity index (χ3v) is 4.53. The van der Waals surface area contributed by atoms with Crippen molar-refractivity contribution in [2.45, 2.75) is 12.8 Å². The first-order valence-corrected chi connectivity index (χ1v) is 8.19. The van der Waals surface area contributed by atoms with Crippen molar-refractivity contribution in [2.75, 3.05) is 32.8 Å². The van der Waals surface area contributed by atoms with Crippen LogP contribution in [0.3, 0.4) is 0 Å². The minimum atomic E-state index is -0.223. The Bertz CT molecular complexity index is 814. The number of carbonyl (C=O) groups is 1. The number of hydrogen-bond acceptors (Lipinski definition) is 5. The highest BCUT2D eigenvalue weighted by Gasteiger charge is 2.28. The predicted octanol–water partition coefficient (Wildman–Crippen LogP) is 2.83. The molecule has 0 saturated carbocycles. The topological polar surface area (TPSA) is 66.0 Å². The highest BCUT2D eigenvalue weighted by molar-refractivity contribution is 6.06. The van der Waals surface area contributed by atoms with Crippen LogP contribution in [0.1, 0.15) is 21.5 Å². The van der Waals surface area contributed by atoms with E-state index in [1.165, 1.54) is 0 Å². The van der Waals surface area contributed by atoms with Crippen LogP contribution in [0.4, 0.5) is 5.69 Å². The molecule has 0 bridgehead atoms. The molecule has 6 heteroatoms. The molecule has 2 aromatic rings. The van der Waals surface area contributed by atoms with Crippen LogP contribution in [0, 0.1) is 0 Å². The molecule has 130 valence electrons. The van der Waals surface area contributed by atoms with Gasteiger partial charge in [0.2, 0.25) is 0 Å². The zero-order valence-electron chi connectivity index (χ0n) is 14.2. The second-order valence-corrected chi connectivity index (χ2v) is 5.94. The Balaban J connectivity index is 1.68. The third kappa shape index (κ3) is 2.63. The summed E-state index contributed by atoms with van der Waals surface area (Å²) in [6.45, 7) is 1.24. The molecule has 2 aliphatic rings.